The number of ether oxygens (including phenoxy) is 2. The third kappa shape index (κ3) is 4.24. The Hall–Kier alpha value is -3.10. The van der Waals surface area contributed by atoms with E-state index in [0.717, 1.165) is 5.56 Å². The quantitative estimate of drug-likeness (QED) is 0.692. The first kappa shape index (κ1) is 21.6. The summed E-state index contributed by atoms with van der Waals surface area (Å²) in [7, 11) is 0. The van der Waals surface area contributed by atoms with Gasteiger partial charge in [0.15, 0.2) is 0 Å². The first-order valence-corrected chi connectivity index (χ1v) is 9.89. The van der Waals surface area contributed by atoms with Crippen LogP contribution in [0.4, 0.5) is 15.3 Å². The van der Waals surface area contributed by atoms with Crippen molar-refractivity contribution < 1.29 is 28.7 Å². The molecule has 1 aliphatic carbocycles. The molecule has 1 heterocycles. The number of fused-ring (bicyclic) bond motifs is 2. The molecule has 1 fully saturated rings. The summed E-state index contributed by atoms with van der Waals surface area (Å²) in [6, 6.07) is 4.29. The van der Waals surface area contributed by atoms with E-state index in [9.17, 15) is 19.2 Å². The van der Waals surface area contributed by atoms with Crippen LogP contribution in [-0.2, 0) is 31.1 Å². The molecular weight excluding hydrogens is 390 g/mol. The highest BCUT2D eigenvalue weighted by Gasteiger charge is 2.54. The molecule has 162 valence electrons. The van der Waals surface area contributed by atoms with Crippen molar-refractivity contribution in [2.75, 3.05) is 5.32 Å². The predicted octanol–water partition coefficient (Wildman–Crippen LogP) is 2.58. The SMILES string of the molecule is CC(C)[C@@H](NC(=O)OC(C)(C)C)C(=O)Nc1ccc2c(c1)CCC21OC(=O)NC1=O. The van der Waals surface area contributed by atoms with Crippen LogP contribution >= 0.6 is 0 Å². The molecule has 3 N–H and O–H groups in total. The zero-order valence-corrected chi connectivity index (χ0v) is 17.8. The van der Waals surface area contributed by atoms with Crippen molar-refractivity contribution in [3.8, 4) is 0 Å². The smallest absolute Gasteiger partial charge is 0.415 e. The Bertz CT molecular complexity index is 904. The van der Waals surface area contributed by atoms with E-state index in [-0.39, 0.29) is 11.8 Å². The van der Waals surface area contributed by atoms with Crippen molar-refractivity contribution in [1.29, 1.82) is 0 Å². The number of carbonyl (C=O) groups is 4. The molecule has 1 aromatic carbocycles. The van der Waals surface area contributed by atoms with E-state index in [1.165, 1.54) is 0 Å². The monoisotopic (exact) mass is 417 g/mol. The molecule has 1 aliphatic heterocycles. The molecule has 1 spiro atoms. The van der Waals surface area contributed by atoms with E-state index in [1.807, 2.05) is 13.8 Å². The summed E-state index contributed by atoms with van der Waals surface area (Å²) in [5.41, 5.74) is 0.00832. The van der Waals surface area contributed by atoms with Crippen LogP contribution in [0.1, 0.15) is 52.2 Å². The second-order valence-electron chi connectivity index (χ2n) is 8.90. The van der Waals surface area contributed by atoms with Gasteiger partial charge in [-0.2, -0.15) is 0 Å². The fourth-order valence-corrected chi connectivity index (χ4v) is 3.67. The van der Waals surface area contributed by atoms with Gasteiger partial charge >= 0.3 is 12.2 Å². The van der Waals surface area contributed by atoms with E-state index in [1.54, 1.807) is 39.0 Å². The lowest BCUT2D eigenvalue weighted by molar-refractivity contribution is -0.132. The van der Waals surface area contributed by atoms with Gasteiger partial charge in [-0.3, -0.25) is 14.9 Å². The van der Waals surface area contributed by atoms with E-state index in [4.69, 9.17) is 9.47 Å². The number of nitrogens with one attached hydrogen (secondary N) is 3. The Morgan fingerprint density at radius 2 is 1.93 bits per heavy atom. The zero-order valence-electron chi connectivity index (χ0n) is 17.8. The summed E-state index contributed by atoms with van der Waals surface area (Å²) in [6.07, 6.45) is -0.533. The van der Waals surface area contributed by atoms with Crippen molar-refractivity contribution in [2.24, 2.45) is 5.92 Å². The Labute approximate surface area is 174 Å². The van der Waals surface area contributed by atoms with E-state index in [0.29, 0.717) is 24.1 Å². The van der Waals surface area contributed by atoms with Crippen molar-refractivity contribution in [1.82, 2.24) is 10.6 Å². The number of benzene rings is 1. The molecule has 3 rings (SSSR count). The lowest BCUT2D eigenvalue weighted by atomic mass is 9.95. The van der Waals surface area contributed by atoms with Gasteiger partial charge in [0.2, 0.25) is 11.5 Å². The lowest BCUT2D eigenvalue weighted by Crippen LogP contribution is -2.48. The Morgan fingerprint density at radius 3 is 2.50 bits per heavy atom. The Balaban J connectivity index is 1.73. The number of hydrogen-bond donors (Lipinski definition) is 3. The number of hydrogen-bond acceptors (Lipinski definition) is 6. The maximum absolute atomic E-state index is 12.8. The summed E-state index contributed by atoms with van der Waals surface area (Å²) in [5, 5.41) is 7.59. The second kappa shape index (κ2) is 7.62. The van der Waals surface area contributed by atoms with E-state index < -0.39 is 35.3 Å². The third-order valence-corrected chi connectivity index (χ3v) is 5.02. The molecule has 9 heteroatoms. The molecule has 0 radical (unpaired) electrons. The van der Waals surface area contributed by atoms with Gasteiger partial charge in [0.05, 0.1) is 0 Å². The standard InChI is InChI=1S/C21H27N3O6/c1-11(2)15(23-18(27)29-20(3,4)5)16(25)22-13-6-7-14-12(10-13)8-9-21(14)17(26)24-19(28)30-21/h6-7,10-11,15H,8-9H2,1-5H3,(H,22,25)(H,23,27)(H,24,26,28)/t15-,21?/m1/s1. The number of carbonyl (C=O) groups excluding carboxylic acids is 4. The van der Waals surface area contributed by atoms with Gasteiger partial charge in [0.25, 0.3) is 5.91 Å². The van der Waals surface area contributed by atoms with Gasteiger partial charge in [0.1, 0.15) is 11.6 Å². The lowest BCUT2D eigenvalue weighted by Gasteiger charge is -2.25. The van der Waals surface area contributed by atoms with Gasteiger partial charge < -0.3 is 20.1 Å². The van der Waals surface area contributed by atoms with Crippen LogP contribution in [0.15, 0.2) is 18.2 Å². The second-order valence-corrected chi connectivity index (χ2v) is 8.90. The van der Waals surface area contributed by atoms with E-state index in [2.05, 4.69) is 16.0 Å². The highest BCUT2D eigenvalue weighted by Crippen LogP contribution is 2.43. The molecule has 9 nitrogen and oxygen atoms in total. The number of aryl methyl sites for hydroxylation is 1. The molecule has 4 amide bonds. The van der Waals surface area contributed by atoms with Gasteiger partial charge in [-0.05, 0) is 50.8 Å². The summed E-state index contributed by atoms with van der Waals surface area (Å²) >= 11 is 0. The fourth-order valence-electron chi connectivity index (χ4n) is 3.67. The molecule has 30 heavy (non-hydrogen) atoms. The normalized spacial score (nSPS) is 21.1. The number of anilines is 1. The van der Waals surface area contributed by atoms with Crippen LogP contribution in [0.2, 0.25) is 0 Å². The van der Waals surface area contributed by atoms with Crippen LogP contribution in [-0.4, -0.2) is 35.6 Å². The number of alkyl carbamates (subject to hydrolysis) is 2. The third-order valence-electron chi connectivity index (χ3n) is 5.02. The van der Waals surface area contributed by atoms with E-state index >= 15 is 0 Å². The molecule has 0 bridgehead atoms. The predicted molar refractivity (Wildman–Crippen MR) is 108 cm³/mol. The summed E-state index contributed by atoms with van der Waals surface area (Å²) in [6.45, 7) is 8.88. The summed E-state index contributed by atoms with van der Waals surface area (Å²) in [4.78, 5) is 48.6. The first-order valence-electron chi connectivity index (χ1n) is 9.89. The first-order chi connectivity index (χ1) is 13.9. The molecule has 2 atom stereocenters. The number of imide groups is 1. The molecule has 1 saturated heterocycles. The highest BCUT2D eigenvalue weighted by atomic mass is 16.6. The van der Waals surface area contributed by atoms with Crippen molar-refractivity contribution >= 4 is 29.7 Å². The van der Waals surface area contributed by atoms with Gasteiger partial charge in [-0.25, -0.2) is 9.59 Å². The highest BCUT2D eigenvalue weighted by molar-refractivity contribution is 6.04. The van der Waals surface area contributed by atoms with Gasteiger partial charge in [-0.15, -0.1) is 0 Å². The van der Waals surface area contributed by atoms with Crippen LogP contribution < -0.4 is 16.0 Å². The summed E-state index contributed by atoms with van der Waals surface area (Å²) < 4.78 is 10.5. The maximum Gasteiger partial charge on any atom is 0.415 e. The molecule has 1 unspecified atom stereocenters. The molecular formula is C21H27N3O6. The average molecular weight is 417 g/mol. The van der Waals surface area contributed by atoms with Crippen LogP contribution in [0, 0.1) is 5.92 Å². The number of amides is 4. The average Bonchev–Trinajstić information content (AvgIpc) is 3.10. The minimum absolute atomic E-state index is 0.170. The molecule has 2 aliphatic rings. The fraction of sp³-hybridized carbons (Fsp3) is 0.524. The van der Waals surface area contributed by atoms with Crippen LogP contribution in [0.25, 0.3) is 0 Å². The minimum Gasteiger partial charge on any atom is -0.444 e. The Morgan fingerprint density at radius 1 is 1.23 bits per heavy atom. The van der Waals surface area contributed by atoms with Crippen LogP contribution in [0.3, 0.4) is 0 Å². The Kier molecular flexibility index (Phi) is 5.49. The molecule has 0 saturated carbocycles. The van der Waals surface area contributed by atoms with Crippen molar-refractivity contribution in [2.45, 2.75) is 64.7 Å². The topological polar surface area (TPSA) is 123 Å². The molecule has 1 aromatic rings. The largest absolute Gasteiger partial charge is 0.444 e. The van der Waals surface area contributed by atoms with Gasteiger partial charge in [-0.1, -0.05) is 19.9 Å². The van der Waals surface area contributed by atoms with Crippen molar-refractivity contribution in [3.63, 3.8) is 0 Å². The number of rotatable bonds is 4. The minimum atomic E-state index is -1.28. The van der Waals surface area contributed by atoms with Crippen molar-refractivity contribution in [3.05, 3.63) is 29.3 Å². The maximum atomic E-state index is 12.8. The summed E-state index contributed by atoms with van der Waals surface area (Å²) in [5.74, 6) is -1.02. The van der Waals surface area contributed by atoms with Crippen LogP contribution in [0.5, 0.6) is 0 Å². The zero-order chi connectivity index (χ0) is 22.3. The van der Waals surface area contributed by atoms with Gasteiger partial charge in [0, 0.05) is 17.7 Å². The molecule has 0 aromatic heterocycles.